The second-order valence-corrected chi connectivity index (χ2v) is 9.86. The number of aryl methyl sites for hydroxylation is 1. The van der Waals surface area contributed by atoms with Crippen molar-refractivity contribution < 1.29 is 9.72 Å². The summed E-state index contributed by atoms with van der Waals surface area (Å²) in [5.41, 5.74) is 2.31. The molecule has 0 atom stereocenters. The molecular formula is C23H25N5O3S2. The van der Waals surface area contributed by atoms with Crippen molar-refractivity contribution in [2.45, 2.75) is 16.2 Å². The predicted octanol–water partition coefficient (Wildman–Crippen LogP) is 4.06. The van der Waals surface area contributed by atoms with E-state index >= 15 is 0 Å². The maximum atomic E-state index is 12.6. The lowest BCUT2D eigenvalue weighted by molar-refractivity contribution is -0.387. The Balaban J connectivity index is 1.28. The van der Waals surface area contributed by atoms with Crippen LogP contribution in [-0.4, -0.2) is 60.0 Å². The second kappa shape index (κ2) is 10.8. The number of nitro benzene ring substituents is 1. The van der Waals surface area contributed by atoms with Gasteiger partial charge >= 0.3 is 0 Å². The number of hydrogen-bond acceptors (Lipinski definition) is 8. The van der Waals surface area contributed by atoms with Crippen LogP contribution >= 0.6 is 23.1 Å². The van der Waals surface area contributed by atoms with E-state index in [2.05, 4.69) is 32.2 Å². The van der Waals surface area contributed by atoms with E-state index in [0.717, 1.165) is 42.8 Å². The number of nitrogens with one attached hydrogen (secondary N) is 1. The molecule has 2 heterocycles. The first-order valence-corrected chi connectivity index (χ1v) is 12.4. The molecule has 8 nitrogen and oxygen atoms in total. The maximum Gasteiger partial charge on any atom is 0.284 e. The molecule has 2 aromatic carbocycles. The van der Waals surface area contributed by atoms with Crippen LogP contribution in [0, 0.1) is 17.0 Å². The average Bonchev–Trinajstić information content (AvgIpc) is 3.24. The lowest BCUT2D eigenvalue weighted by atomic mass is 10.2. The molecule has 0 saturated carbocycles. The summed E-state index contributed by atoms with van der Waals surface area (Å²) in [6.07, 6.45) is 0. The molecule has 1 amide bonds. The van der Waals surface area contributed by atoms with Gasteiger partial charge in [0.25, 0.3) is 11.6 Å². The van der Waals surface area contributed by atoms with Crippen molar-refractivity contribution in [3.8, 4) is 0 Å². The molecule has 33 heavy (non-hydrogen) atoms. The Labute approximate surface area is 200 Å². The zero-order chi connectivity index (χ0) is 23.2. The van der Waals surface area contributed by atoms with Crippen LogP contribution < -0.4 is 10.2 Å². The van der Waals surface area contributed by atoms with Crippen LogP contribution in [0.4, 0.5) is 11.4 Å². The normalized spacial score (nSPS) is 14.3. The van der Waals surface area contributed by atoms with E-state index in [1.807, 2.05) is 30.5 Å². The summed E-state index contributed by atoms with van der Waals surface area (Å²) in [6.45, 7) is 6.87. The number of aromatic nitrogens is 1. The van der Waals surface area contributed by atoms with E-state index in [0.29, 0.717) is 11.4 Å². The lowest BCUT2D eigenvalue weighted by Gasteiger charge is -2.36. The fraction of sp³-hybridized carbons (Fsp3) is 0.304. The highest BCUT2D eigenvalue weighted by molar-refractivity contribution is 8.01. The number of nitrogens with zero attached hydrogens (tertiary/aromatic N) is 4. The van der Waals surface area contributed by atoms with Crippen molar-refractivity contribution in [1.82, 2.24) is 15.2 Å². The molecule has 1 saturated heterocycles. The fourth-order valence-corrected chi connectivity index (χ4v) is 5.54. The molecule has 0 aliphatic carbocycles. The van der Waals surface area contributed by atoms with Crippen LogP contribution in [0.2, 0.25) is 0 Å². The van der Waals surface area contributed by atoms with Gasteiger partial charge in [-0.1, -0.05) is 30.0 Å². The standard InChI is InChI=1S/C23H25N5O3S2/c1-17-16-32-23(25-17)33-21-8-7-18(15-20(21)28(30)31)22(29)24-9-10-26-11-13-27(14-12-26)19-5-3-2-4-6-19/h2-8,15-16H,9-14H2,1H3,(H,24,29). The molecule has 0 spiro atoms. The third-order valence-electron chi connectivity index (χ3n) is 5.42. The van der Waals surface area contributed by atoms with Gasteiger partial charge in [-0.25, -0.2) is 4.98 Å². The highest BCUT2D eigenvalue weighted by atomic mass is 32.2. The Morgan fingerprint density at radius 1 is 1.18 bits per heavy atom. The number of carbonyl (C=O) groups excluding carboxylic acids is 1. The first kappa shape index (κ1) is 23.2. The molecule has 172 valence electrons. The highest BCUT2D eigenvalue weighted by Gasteiger charge is 2.20. The van der Waals surface area contributed by atoms with Gasteiger partial charge in [0, 0.05) is 67.7 Å². The topological polar surface area (TPSA) is 91.6 Å². The van der Waals surface area contributed by atoms with E-state index < -0.39 is 4.92 Å². The van der Waals surface area contributed by atoms with Crippen LogP contribution in [0.25, 0.3) is 0 Å². The minimum atomic E-state index is -0.453. The van der Waals surface area contributed by atoms with E-state index in [1.165, 1.54) is 34.9 Å². The second-order valence-electron chi connectivity index (χ2n) is 7.72. The number of rotatable bonds is 8. The van der Waals surface area contributed by atoms with Crippen LogP contribution in [0.3, 0.4) is 0 Å². The largest absolute Gasteiger partial charge is 0.369 e. The van der Waals surface area contributed by atoms with Crippen LogP contribution in [-0.2, 0) is 0 Å². The molecule has 10 heteroatoms. The molecule has 1 aliphatic heterocycles. The smallest absolute Gasteiger partial charge is 0.284 e. The van der Waals surface area contributed by atoms with Crippen molar-refractivity contribution in [3.05, 3.63) is 75.3 Å². The maximum absolute atomic E-state index is 12.6. The molecule has 0 radical (unpaired) electrons. The van der Waals surface area contributed by atoms with Crippen molar-refractivity contribution in [3.63, 3.8) is 0 Å². The van der Waals surface area contributed by atoms with E-state index in [-0.39, 0.29) is 17.2 Å². The number of benzene rings is 2. The molecule has 3 aromatic rings. The van der Waals surface area contributed by atoms with E-state index in [1.54, 1.807) is 12.1 Å². The SMILES string of the molecule is Cc1csc(Sc2ccc(C(=O)NCCN3CCN(c4ccccc4)CC3)cc2[N+](=O)[O-])n1. The third-order valence-corrected chi connectivity index (χ3v) is 7.54. The number of para-hydroxylation sites is 1. The van der Waals surface area contributed by atoms with Gasteiger partial charge in [-0.15, -0.1) is 11.3 Å². The molecule has 1 aromatic heterocycles. The van der Waals surface area contributed by atoms with Gasteiger partial charge in [-0.3, -0.25) is 19.8 Å². The van der Waals surface area contributed by atoms with Crippen molar-refractivity contribution in [1.29, 1.82) is 0 Å². The Morgan fingerprint density at radius 2 is 1.94 bits per heavy atom. The summed E-state index contributed by atoms with van der Waals surface area (Å²) in [4.78, 5) is 33.2. The Bertz CT molecular complexity index is 1110. The molecule has 0 unspecified atom stereocenters. The Hall–Kier alpha value is -2.95. The van der Waals surface area contributed by atoms with Gasteiger partial charge in [0.1, 0.15) is 0 Å². The van der Waals surface area contributed by atoms with Crippen molar-refractivity contribution in [2.24, 2.45) is 0 Å². The first-order chi connectivity index (χ1) is 16.0. The quantitative estimate of drug-likeness (QED) is 0.382. The lowest BCUT2D eigenvalue weighted by Crippen LogP contribution is -2.48. The minimum Gasteiger partial charge on any atom is -0.369 e. The van der Waals surface area contributed by atoms with Crippen LogP contribution in [0.1, 0.15) is 16.1 Å². The number of anilines is 1. The van der Waals surface area contributed by atoms with Gasteiger partial charge in [0.05, 0.1) is 9.82 Å². The predicted molar refractivity (Wildman–Crippen MR) is 131 cm³/mol. The van der Waals surface area contributed by atoms with Gasteiger partial charge < -0.3 is 10.2 Å². The molecule has 1 aliphatic rings. The third kappa shape index (κ3) is 6.10. The number of amides is 1. The molecule has 1 N–H and O–H groups in total. The molecule has 0 bridgehead atoms. The van der Waals surface area contributed by atoms with Gasteiger partial charge in [-0.05, 0) is 31.2 Å². The van der Waals surface area contributed by atoms with Crippen LogP contribution in [0.15, 0.2) is 63.1 Å². The molecule has 1 fully saturated rings. The van der Waals surface area contributed by atoms with Gasteiger partial charge in [-0.2, -0.15) is 0 Å². The number of nitro groups is 1. The van der Waals surface area contributed by atoms with E-state index in [4.69, 9.17) is 0 Å². The monoisotopic (exact) mass is 483 g/mol. The minimum absolute atomic E-state index is 0.0856. The molecular weight excluding hydrogens is 458 g/mol. The van der Waals surface area contributed by atoms with Crippen molar-refractivity contribution >= 4 is 40.4 Å². The zero-order valence-corrected chi connectivity index (χ0v) is 19.9. The fourth-order valence-electron chi connectivity index (χ4n) is 3.66. The Morgan fingerprint density at radius 3 is 2.61 bits per heavy atom. The summed E-state index contributed by atoms with van der Waals surface area (Å²) >= 11 is 2.68. The Kier molecular flexibility index (Phi) is 7.58. The number of thiazole rings is 1. The summed E-state index contributed by atoms with van der Waals surface area (Å²) in [7, 11) is 0. The first-order valence-electron chi connectivity index (χ1n) is 10.7. The number of hydrogen-bond donors (Lipinski definition) is 1. The summed E-state index contributed by atoms with van der Waals surface area (Å²) in [5.74, 6) is -0.303. The number of carbonyl (C=O) groups is 1. The summed E-state index contributed by atoms with van der Waals surface area (Å²) < 4.78 is 0.736. The average molecular weight is 484 g/mol. The summed E-state index contributed by atoms with van der Waals surface area (Å²) in [5, 5.41) is 16.4. The van der Waals surface area contributed by atoms with E-state index in [9.17, 15) is 14.9 Å². The summed E-state index contributed by atoms with van der Waals surface area (Å²) in [6, 6.07) is 15.0. The van der Waals surface area contributed by atoms with Crippen LogP contribution in [0.5, 0.6) is 0 Å². The number of piperazine rings is 1. The zero-order valence-electron chi connectivity index (χ0n) is 18.3. The highest BCUT2D eigenvalue weighted by Crippen LogP contribution is 2.36. The van der Waals surface area contributed by atoms with Gasteiger partial charge in [0.2, 0.25) is 0 Å². The van der Waals surface area contributed by atoms with Crippen molar-refractivity contribution in [2.75, 3.05) is 44.2 Å². The van der Waals surface area contributed by atoms with Gasteiger partial charge in [0.15, 0.2) is 4.34 Å². The molecule has 4 rings (SSSR count).